The number of aromatic nitrogens is 3. The van der Waals surface area contributed by atoms with Gasteiger partial charge in [-0.3, -0.25) is 9.88 Å². The number of terminal acetylenes is 1. The lowest BCUT2D eigenvalue weighted by molar-refractivity contribution is 0.0285. The summed E-state index contributed by atoms with van der Waals surface area (Å²) in [4.78, 5) is 16.2. The summed E-state index contributed by atoms with van der Waals surface area (Å²) in [7, 11) is -3.45. The van der Waals surface area contributed by atoms with Crippen molar-refractivity contribution < 1.29 is 36.2 Å². The van der Waals surface area contributed by atoms with Crippen LogP contribution in [0.5, 0.6) is 11.8 Å². The van der Waals surface area contributed by atoms with Crippen LogP contribution < -0.4 is 9.64 Å². The molecule has 0 saturated carbocycles. The molecule has 10 nitrogen and oxygen atoms in total. The summed E-state index contributed by atoms with van der Waals surface area (Å²) in [6.45, 7) is 1.83. The molecule has 1 N–H and O–H groups in total. The second kappa shape index (κ2) is 11.2. The van der Waals surface area contributed by atoms with Gasteiger partial charge in [-0.15, -0.1) is 6.42 Å². The number of phenolic OH excluding ortho intramolecular Hbond substituents is 1. The van der Waals surface area contributed by atoms with E-state index in [1.165, 1.54) is 30.5 Å². The molecule has 1 spiro atoms. The van der Waals surface area contributed by atoms with E-state index in [-0.39, 0.29) is 89.8 Å². The normalized spacial score (nSPS) is 24.8. The standard InChI is InChI=1S/C34H32F3N5O5S/c1-2-23-26(36)5-4-20-14-22(43)15-24(27(20)23)29-28(37)30-25(17-38-29)31(41-10-7-34(8-11-41)47-12-13-48(34,44)45)40-32(39-30)46-19-33-6-3-9-42(33)18-21(35)16-33/h1,4-5,14-15,17,21,43H,3,6-13,16,18-19H2/t21-,33+/m1/s1. The molecule has 0 amide bonds. The van der Waals surface area contributed by atoms with Crippen molar-refractivity contribution in [2.75, 3.05) is 50.0 Å². The Morgan fingerprint density at radius 3 is 2.71 bits per heavy atom. The molecule has 4 fully saturated rings. The van der Waals surface area contributed by atoms with Gasteiger partial charge in [0.1, 0.15) is 41.4 Å². The third kappa shape index (κ3) is 4.77. The quantitative estimate of drug-likeness (QED) is 0.302. The molecule has 4 saturated heterocycles. The van der Waals surface area contributed by atoms with E-state index in [1.54, 1.807) is 0 Å². The minimum atomic E-state index is -3.45. The SMILES string of the molecule is C#Cc1c(F)ccc2cc(O)cc(-c3ncc4c(N5CCC6(CC5)OCCS6(=O)=O)nc(OC[C@@]56CCCN5C[C@H](F)C6)nc4c3F)c12. The highest BCUT2D eigenvalue weighted by Crippen LogP contribution is 2.43. The van der Waals surface area contributed by atoms with E-state index >= 15 is 4.39 Å². The van der Waals surface area contributed by atoms with Gasteiger partial charge in [-0.05, 0) is 43.0 Å². The van der Waals surface area contributed by atoms with Crippen molar-refractivity contribution in [1.29, 1.82) is 0 Å². The molecule has 14 heteroatoms. The van der Waals surface area contributed by atoms with Crippen molar-refractivity contribution in [3.05, 3.63) is 47.7 Å². The highest BCUT2D eigenvalue weighted by Gasteiger charge is 2.51. The molecule has 0 aliphatic carbocycles. The number of pyridine rings is 1. The van der Waals surface area contributed by atoms with Gasteiger partial charge in [0.15, 0.2) is 20.6 Å². The second-order valence-electron chi connectivity index (χ2n) is 13.1. The summed E-state index contributed by atoms with van der Waals surface area (Å²) in [6.07, 6.45) is 8.43. The predicted molar refractivity (Wildman–Crippen MR) is 172 cm³/mol. The van der Waals surface area contributed by atoms with Crippen molar-refractivity contribution in [1.82, 2.24) is 19.9 Å². The van der Waals surface area contributed by atoms with E-state index in [0.29, 0.717) is 24.2 Å². The predicted octanol–water partition coefficient (Wildman–Crippen LogP) is 4.51. The smallest absolute Gasteiger partial charge is 0.319 e. The topological polar surface area (TPSA) is 118 Å². The van der Waals surface area contributed by atoms with Gasteiger partial charge in [-0.1, -0.05) is 12.0 Å². The number of hydrogen-bond donors (Lipinski definition) is 1. The van der Waals surface area contributed by atoms with Crippen LogP contribution in [-0.4, -0.2) is 95.2 Å². The van der Waals surface area contributed by atoms with Crippen molar-refractivity contribution in [3.8, 4) is 35.4 Å². The number of halogens is 3. The summed E-state index contributed by atoms with van der Waals surface area (Å²) in [5, 5.41) is 11.4. The van der Waals surface area contributed by atoms with Gasteiger partial charge in [-0.25, -0.2) is 21.6 Å². The van der Waals surface area contributed by atoms with Crippen molar-refractivity contribution in [2.45, 2.75) is 48.7 Å². The Morgan fingerprint density at radius 1 is 1.15 bits per heavy atom. The van der Waals surface area contributed by atoms with Gasteiger partial charge in [0, 0.05) is 56.0 Å². The van der Waals surface area contributed by atoms with Gasteiger partial charge in [-0.2, -0.15) is 9.97 Å². The van der Waals surface area contributed by atoms with Crippen LogP contribution in [-0.2, 0) is 14.6 Å². The van der Waals surface area contributed by atoms with Crippen molar-refractivity contribution in [2.24, 2.45) is 0 Å². The number of benzene rings is 2. The highest BCUT2D eigenvalue weighted by atomic mass is 32.2. The number of phenols is 1. The monoisotopic (exact) mass is 679 g/mol. The molecule has 4 aromatic rings. The van der Waals surface area contributed by atoms with Gasteiger partial charge in [0.05, 0.1) is 28.8 Å². The first-order valence-electron chi connectivity index (χ1n) is 15.9. The average Bonchev–Trinajstić information content (AvgIpc) is 3.69. The maximum absolute atomic E-state index is 16.8. The first-order chi connectivity index (χ1) is 23.0. The summed E-state index contributed by atoms with van der Waals surface area (Å²) >= 11 is 0. The lowest BCUT2D eigenvalue weighted by atomic mass is 9.95. The summed E-state index contributed by atoms with van der Waals surface area (Å²) in [5.41, 5.74) is -0.910. The minimum absolute atomic E-state index is 0.0349. The maximum atomic E-state index is 16.8. The lowest BCUT2D eigenvalue weighted by Crippen LogP contribution is -2.48. The fraction of sp³-hybridized carbons (Fsp3) is 0.441. The highest BCUT2D eigenvalue weighted by molar-refractivity contribution is 7.92. The number of rotatable bonds is 5. The first-order valence-corrected chi connectivity index (χ1v) is 17.6. The summed E-state index contributed by atoms with van der Waals surface area (Å²) < 4.78 is 83.7. The third-order valence-electron chi connectivity index (χ3n) is 10.4. The molecule has 4 aliphatic rings. The van der Waals surface area contributed by atoms with Crippen LogP contribution in [0.4, 0.5) is 19.0 Å². The second-order valence-corrected chi connectivity index (χ2v) is 15.5. The van der Waals surface area contributed by atoms with E-state index in [1.807, 2.05) is 4.90 Å². The van der Waals surface area contributed by atoms with Gasteiger partial charge in [0.25, 0.3) is 0 Å². The van der Waals surface area contributed by atoms with E-state index in [2.05, 4.69) is 25.8 Å². The van der Waals surface area contributed by atoms with E-state index in [4.69, 9.17) is 15.9 Å². The zero-order valence-corrected chi connectivity index (χ0v) is 26.7. The number of aromatic hydroxyl groups is 1. The van der Waals surface area contributed by atoms with Gasteiger partial charge in [0.2, 0.25) is 0 Å². The van der Waals surface area contributed by atoms with Crippen LogP contribution in [0, 0.1) is 24.0 Å². The van der Waals surface area contributed by atoms with Crippen molar-refractivity contribution >= 4 is 37.3 Å². The van der Waals surface area contributed by atoms with Crippen LogP contribution in [0.2, 0.25) is 0 Å². The molecule has 2 atom stereocenters. The molecule has 6 heterocycles. The van der Waals surface area contributed by atoms with E-state index < -0.39 is 38.1 Å². The molecule has 0 bridgehead atoms. The zero-order valence-electron chi connectivity index (χ0n) is 25.9. The Kier molecular flexibility index (Phi) is 7.24. The van der Waals surface area contributed by atoms with Gasteiger partial charge < -0.3 is 19.5 Å². The molecule has 0 unspecified atom stereocenters. The number of ether oxygens (including phenoxy) is 2. The Morgan fingerprint density at radius 2 is 1.96 bits per heavy atom. The fourth-order valence-corrected chi connectivity index (χ4v) is 9.79. The molecule has 250 valence electrons. The summed E-state index contributed by atoms with van der Waals surface area (Å²) in [5.74, 6) is 0.839. The Bertz CT molecular complexity index is 2140. The van der Waals surface area contributed by atoms with Crippen LogP contribution >= 0.6 is 0 Å². The zero-order chi connectivity index (χ0) is 33.4. The lowest BCUT2D eigenvalue weighted by Gasteiger charge is -2.38. The van der Waals surface area contributed by atoms with Gasteiger partial charge >= 0.3 is 6.01 Å². The van der Waals surface area contributed by atoms with Crippen molar-refractivity contribution in [3.63, 3.8) is 0 Å². The molecular formula is C34H32F3N5O5S. The molecule has 4 aliphatic heterocycles. The molecule has 48 heavy (non-hydrogen) atoms. The molecule has 8 rings (SSSR count). The van der Waals surface area contributed by atoms with E-state index in [9.17, 15) is 22.3 Å². The number of anilines is 1. The largest absolute Gasteiger partial charge is 0.508 e. The number of piperidine rings is 1. The number of hydrogen-bond acceptors (Lipinski definition) is 10. The molecule has 2 aromatic heterocycles. The maximum Gasteiger partial charge on any atom is 0.319 e. The average molecular weight is 680 g/mol. The number of alkyl halides is 1. The molecular weight excluding hydrogens is 647 g/mol. The third-order valence-corrected chi connectivity index (χ3v) is 12.8. The number of nitrogens with zero attached hydrogens (tertiary/aromatic N) is 5. The number of fused-ring (bicyclic) bond motifs is 3. The van der Waals surface area contributed by atoms with Crippen LogP contribution in [0.1, 0.15) is 37.7 Å². The van der Waals surface area contributed by atoms with Crippen LogP contribution in [0.15, 0.2) is 30.5 Å². The van der Waals surface area contributed by atoms with E-state index in [0.717, 1.165) is 19.4 Å². The summed E-state index contributed by atoms with van der Waals surface area (Å²) in [6, 6.07) is 5.16. The fourth-order valence-electron chi connectivity index (χ4n) is 8.04. The van der Waals surface area contributed by atoms with Crippen LogP contribution in [0.25, 0.3) is 32.9 Å². The van der Waals surface area contributed by atoms with Crippen LogP contribution in [0.3, 0.4) is 0 Å². The minimum Gasteiger partial charge on any atom is -0.508 e. The Hall–Kier alpha value is -4.19. The molecule has 0 radical (unpaired) electrons. The first kappa shape index (κ1) is 31.1. The Labute approximate surface area is 274 Å². The number of sulfone groups is 1. The Balaban J connectivity index is 1.25. The molecule has 2 aromatic carbocycles.